The first kappa shape index (κ1) is 19.6. The van der Waals surface area contributed by atoms with Crippen LogP contribution in [-0.2, 0) is 14.4 Å². The van der Waals surface area contributed by atoms with Gasteiger partial charge in [-0.25, -0.2) is 0 Å². The number of likely N-dealkylation sites (tertiary alicyclic amines) is 1. The molecule has 0 spiro atoms. The summed E-state index contributed by atoms with van der Waals surface area (Å²) in [5.74, 6) is -1.21. The van der Waals surface area contributed by atoms with Crippen molar-refractivity contribution in [2.24, 2.45) is 5.92 Å². The molecular formula is C19H24ClN3O4. The van der Waals surface area contributed by atoms with Crippen LogP contribution in [0.2, 0.25) is 5.02 Å². The van der Waals surface area contributed by atoms with Gasteiger partial charge in [-0.3, -0.25) is 19.3 Å². The van der Waals surface area contributed by atoms with Crippen LogP contribution in [0.4, 0.5) is 5.69 Å². The highest BCUT2D eigenvalue weighted by atomic mass is 35.5. The van der Waals surface area contributed by atoms with Crippen molar-refractivity contribution < 1.29 is 19.5 Å². The predicted molar refractivity (Wildman–Crippen MR) is 102 cm³/mol. The zero-order valence-electron chi connectivity index (χ0n) is 15.3. The molecule has 0 bridgehead atoms. The molecule has 2 amide bonds. The molecule has 0 saturated carbocycles. The van der Waals surface area contributed by atoms with Crippen molar-refractivity contribution in [3.05, 3.63) is 29.3 Å². The van der Waals surface area contributed by atoms with Gasteiger partial charge in [0.1, 0.15) is 0 Å². The maximum atomic E-state index is 12.8. The number of anilines is 1. The molecular weight excluding hydrogens is 370 g/mol. The highest BCUT2D eigenvalue weighted by molar-refractivity contribution is 6.30. The number of carbonyl (C=O) groups excluding carboxylic acids is 2. The van der Waals surface area contributed by atoms with Gasteiger partial charge in [0, 0.05) is 42.8 Å². The molecule has 0 radical (unpaired) electrons. The van der Waals surface area contributed by atoms with Crippen LogP contribution in [-0.4, -0.2) is 72.0 Å². The number of rotatable bonds is 5. The molecule has 2 fully saturated rings. The second kappa shape index (κ2) is 8.27. The number of aliphatic carboxylic acids is 1. The average Bonchev–Trinajstić information content (AvgIpc) is 3.03. The molecule has 7 nitrogen and oxygen atoms in total. The van der Waals surface area contributed by atoms with E-state index in [2.05, 4.69) is 0 Å². The summed E-state index contributed by atoms with van der Waals surface area (Å²) >= 11 is 5.90. The molecule has 2 aliphatic rings. The van der Waals surface area contributed by atoms with Gasteiger partial charge in [0.05, 0.1) is 12.5 Å². The standard InChI is InChI=1S/C19H24ClN3O4/c1-21(12-18(25)26)15-6-8-22(9-7-15)19(27)13-10-17(24)23(11-13)16-4-2-14(20)3-5-16/h2-5,13,15H,6-12H2,1H3,(H,25,26)/t13-/m1/s1. The number of hydrogen-bond donors (Lipinski definition) is 1. The van der Waals surface area contributed by atoms with Gasteiger partial charge in [-0.05, 0) is 44.2 Å². The number of amides is 2. The van der Waals surface area contributed by atoms with E-state index in [-0.39, 0.29) is 36.7 Å². The van der Waals surface area contributed by atoms with Crippen LogP contribution < -0.4 is 4.90 Å². The fraction of sp³-hybridized carbons (Fsp3) is 0.526. The molecule has 2 aliphatic heterocycles. The lowest BCUT2D eigenvalue weighted by Gasteiger charge is -2.37. The summed E-state index contributed by atoms with van der Waals surface area (Å²) in [6, 6.07) is 7.21. The minimum atomic E-state index is -0.845. The number of likely N-dealkylation sites (N-methyl/N-ethyl adjacent to an activating group) is 1. The van der Waals surface area contributed by atoms with Crippen molar-refractivity contribution in [3.8, 4) is 0 Å². The number of benzene rings is 1. The fourth-order valence-corrected chi connectivity index (χ4v) is 4.00. The van der Waals surface area contributed by atoms with Gasteiger partial charge in [-0.15, -0.1) is 0 Å². The van der Waals surface area contributed by atoms with Crippen molar-refractivity contribution in [1.29, 1.82) is 0 Å². The van der Waals surface area contributed by atoms with Crippen LogP contribution in [0.1, 0.15) is 19.3 Å². The Kier molecular flexibility index (Phi) is 6.01. The number of piperidine rings is 1. The Morgan fingerprint density at radius 1 is 1.22 bits per heavy atom. The summed E-state index contributed by atoms with van der Waals surface area (Å²) in [6.45, 7) is 1.59. The molecule has 146 valence electrons. The minimum Gasteiger partial charge on any atom is -0.480 e. The van der Waals surface area contributed by atoms with Gasteiger partial charge in [0.2, 0.25) is 11.8 Å². The number of carbonyl (C=O) groups is 3. The first-order chi connectivity index (χ1) is 12.8. The number of halogens is 1. The maximum Gasteiger partial charge on any atom is 0.317 e. The summed E-state index contributed by atoms with van der Waals surface area (Å²) in [4.78, 5) is 41.3. The summed E-state index contributed by atoms with van der Waals surface area (Å²) < 4.78 is 0. The molecule has 1 N–H and O–H groups in total. The summed E-state index contributed by atoms with van der Waals surface area (Å²) in [5, 5.41) is 9.51. The molecule has 2 heterocycles. The Morgan fingerprint density at radius 3 is 2.44 bits per heavy atom. The van der Waals surface area contributed by atoms with Crippen molar-refractivity contribution in [1.82, 2.24) is 9.80 Å². The molecule has 27 heavy (non-hydrogen) atoms. The monoisotopic (exact) mass is 393 g/mol. The van der Waals surface area contributed by atoms with E-state index in [1.54, 1.807) is 36.2 Å². The second-order valence-corrected chi connectivity index (χ2v) is 7.68. The van der Waals surface area contributed by atoms with E-state index in [4.69, 9.17) is 16.7 Å². The Hall–Kier alpha value is -2.12. The molecule has 3 rings (SSSR count). The third-order valence-electron chi connectivity index (χ3n) is 5.40. The summed E-state index contributed by atoms with van der Waals surface area (Å²) in [5.41, 5.74) is 0.758. The molecule has 8 heteroatoms. The number of carboxylic acid groups (broad SMARTS) is 1. The Labute approximate surface area is 163 Å². The lowest BCUT2D eigenvalue weighted by atomic mass is 10.0. The second-order valence-electron chi connectivity index (χ2n) is 7.25. The number of nitrogens with zero attached hydrogens (tertiary/aromatic N) is 3. The third kappa shape index (κ3) is 4.59. The van der Waals surface area contributed by atoms with Crippen LogP contribution in [0, 0.1) is 5.92 Å². The van der Waals surface area contributed by atoms with Gasteiger partial charge in [0.25, 0.3) is 0 Å². The predicted octanol–water partition coefficient (Wildman–Crippen LogP) is 1.70. The van der Waals surface area contributed by atoms with Crippen LogP contribution in [0.5, 0.6) is 0 Å². The topological polar surface area (TPSA) is 81.2 Å². The molecule has 1 aromatic carbocycles. The van der Waals surface area contributed by atoms with Crippen molar-refractivity contribution >= 4 is 35.1 Å². The van der Waals surface area contributed by atoms with Gasteiger partial charge in [-0.1, -0.05) is 11.6 Å². The molecule has 1 atom stereocenters. The van der Waals surface area contributed by atoms with E-state index in [0.29, 0.717) is 24.7 Å². The van der Waals surface area contributed by atoms with Crippen molar-refractivity contribution in [3.63, 3.8) is 0 Å². The van der Waals surface area contributed by atoms with E-state index >= 15 is 0 Å². The Morgan fingerprint density at radius 2 is 1.85 bits per heavy atom. The first-order valence-corrected chi connectivity index (χ1v) is 9.49. The zero-order chi connectivity index (χ0) is 19.6. The summed E-state index contributed by atoms with van der Waals surface area (Å²) in [6.07, 6.45) is 1.72. The molecule has 0 aliphatic carbocycles. The third-order valence-corrected chi connectivity index (χ3v) is 5.65. The summed E-state index contributed by atoms with van der Waals surface area (Å²) in [7, 11) is 1.80. The van der Waals surface area contributed by atoms with Crippen LogP contribution in [0.15, 0.2) is 24.3 Å². The zero-order valence-corrected chi connectivity index (χ0v) is 16.1. The van der Waals surface area contributed by atoms with E-state index in [1.807, 2.05) is 9.80 Å². The van der Waals surface area contributed by atoms with E-state index in [1.165, 1.54) is 0 Å². The Bertz CT molecular complexity index is 716. The van der Waals surface area contributed by atoms with Crippen LogP contribution in [0.3, 0.4) is 0 Å². The van der Waals surface area contributed by atoms with Crippen molar-refractivity contribution in [2.45, 2.75) is 25.3 Å². The highest BCUT2D eigenvalue weighted by Gasteiger charge is 2.38. The molecule has 1 aromatic rings. The van der Waals surface area contributed by atoms with Crippen LogP contribution >= 0.6 is 11.6 Å². The largest absolute Gasteiger partial charge is 0.480 e. The SMILES string of the molecule is CN(CC(=O)O)C1CCN(C(=O)[C@@H]2CC(=O)N(c3ccc(Cl)cc3)C2)CC1. The van der Waals surface area contributed by atoms with E-state index in [9.17, 15) is 14.4 Å². The minimum absolute atomic E-state index is 0.00575. The van der Waals surface area contributed by atoms with E-state index in [0.717, 1.165) is 18.5 Å². The lowest BCUT2D eigenvalue weighted by Crippen LogP contribution is -2.48. The Balaban J connectivity index is 1.55. The normalized spacial score (nSPS) is 21.1. The average molecular weight is 394 g/mol. The molecule has 0 aromatic heterocycles. The van der Waals surface area contributed by atoms with Gasteiger partial charge in [0.15, 0.2) is 0 Å². The fourth-order valence-electron chi connectivity index (χ4n) is 3.87. The quantitative estimate of drug-likeness (QED) is 0.823. The van der Waals surface area contributed by atoms with Gasteiger partial charge < -0.3 is 14.9 Å². The van der Waals surface area contributed by atoms with E-state index < -0.39 is 5.97 Å². The maximum absolute atomic E-state index is 12.8. The molecule has 0 unspecified atom stereocenters. The molecule has 2 saturated heterocycles. The smallest absolute Gasteiger partial charge is 0.317 e. The lowest BCUT2D eigenvalue weighted by molar-refractivity contribution is -0.140. The van der Waals surface area contributed by atoms with Crippen LogP contribution in [0.25, 0.3) is 0 Å². The van der Waals surface area contributed by atoms with Gasteiger partial charge >= 0.3 is 5.97 Å². The highest BCUT2D eigenvalue weighted by Crippen LogP contribution is 2.28. The first-order valence-electron chi connectivity index (χ1n) is 9.12. The van der Waals surface area contributed by atoms with Gasteiger partial charge in [-0.2, -0.15) is 0 Å². The van der Waals surface area contributed by atoms with Crippen molar-refractivity contribution in [2.75, 3.05) is 38.1 Å². The number of carboxylic acids is 1. The number of hydrogen-bond acceptors (Lipinski definition) is 4.